The second-order valence-electron chi connectivity index (χ2n) is 6.01. The number of nitrogens with zero attached hydrogens (tertiary/aromatic N) is 3. The molecule has 2 aromatic rings. The largest absolute Gasteiger partial charge is 0.497 e. The maximum atomic E-state index is 12.7. The molecule has 0 aliphatic carbocycles. The highest BCUT2D eigenvalue weighted by Gasteiger charge is 2.24. The van der Waals surface area contributed by atoms with E-state index in [2.05, 4.69) is 9.97 Å². The second-order valence-corrected chi connectivity index (χ2v) is 6.01. The van der Waals surface area contributed by atoms with Crippen molar-refractivity contribution >= 4 is 11.8 Å². The summed E-state index contributed by atoms with van der Waals surface area (Å²) in [4.78, 5) is 45.8. The number of aromatic amines is 1. The number of hydrogen-bond donors (Lipinski definition) is 1. The third-order valence-corrected chi connectivity index (χ3v) is 4.37. The minimum absolute atomic E-state index is 0.00351. The summed E-state index contributed by atoms with van der Waals surface area (Å²) in [6, 6.07) is 8.66. The van der Waals surface area contributed by atoms with E-state index in [0.717, 1.165) is 0 Å². The average Bonchev–Trinajstić information content (AvgIpc) is 2.67. The lowest BCUT2D eigenvalue weighted by atomic mass is 10.1. The van der Waals surface area contributed by atoms with Crippen molar-refractivity contribution in [3.05, 3.63) is 46.5 Å². The van der Waals surface area contributed by atoms with Crippen molar-refractivity contribution in [1.29, 1.82) is 0 Å². The van der Waals surface area contributed by atoms with Crippen LogP contribution in [0.1, 0.15) is 17.4 Å². The van der Waals surface area contributed by atoms with E-state index < -0.39 is 5.69 Å². The van der Waals surface area contributed by atoms with Gasteiger partial charge in [-0.05, 0) is 30.3 Å². The van der Waals surface area contributed by atoms with Gasteiger partial charge in [0, 0.05) is 38.7 Å². The number of nitrogens with one attached hydrogen (secondary N) is 1. The minimum atomic E-state index is -0.580. The molecular formula is C18H20N4O4. The highest BCUT2D eigenvalue weighted by atomic mass is 16.5. The van der Waals surface area contributed by atoms with Gasteiger partial charge in [0.2, 0.25) is 5.91 Å². The number of benzene rings is 1. The van der Waals surface area contributed by atoms with Crippen LogP contribution in [-0.4, -0.2) is 64.9 Å². The molecule has 0 spiro atoms. The van der Waals surface area contributed by atoms with Crippen LogP contribution in [0.3, 0.4) is 0 Å². The van der Waals surface area contributed by atoms with E-state index in [1.165, 1.54) is 6.92 Å². The number of piperazine rings is 1. The summed E-state index contributed by atoms with van der Waals surface area (Å²) < 4.78 is 5.12. The Kier molecular flexibility index (Phi) is 5.01. The first-order valence-electron chi connectivity index (χ1n) is 8.28. The van der Waals surface area contributed by atoms with Crippen molar-refractivity contribution < 1.29 is 14.3 Å². The van der Waals surface area contributed by atoms with E-state index in [1.54, 1.807) is 47.2 Å². The molecule has 1 aromatic heterocycles. The van der Waals surface area contributed by atoms with Gasteiger partial charge in [0.25, 0.3) is 5.91 Å². The molecule has 1 fully saturated rings. The number of carbonyl (C=O) groups excluding carboxylic acids is 2. The SMILES string of the molecule is COc1ccc(-c2cc(C(=O)N3CCN(C(C)=O)CC3)[nH]c(=O)n2)cc1. The molecule has 1 aliphatic rings. The van der Waals surface area contributed by atoms with Gasteiger partial charge in [0.1, 0.15) is 11.4 Å². The molecule has 0 radical (unpaired) electrons. The Morgan fingerprint density at radius 3 is 2.27 bits per heavy atom. The summed E-state index contributed by atoms with van der Waals surface area (Å²) in [5.74, 6) is 0.414. The fraction of sp³-hybridized carbons (Fsp3) is 0.333. The molecule has 3 rings (SSSR count). The average molecular weight is 356 g/mol. The van der Waals surface area contributed by atoms with Gasteiger partial charge < -0.3 is 19.5 Å². The van der Waals surface area contributed by atoms with E-state index >= 15 is 0 Å². The van der Waals surface area contributed by atoms with Crippen molar-refractivity contribution in [2.75, 3.05) is 33.3 Å². The van der Waals surface area contributed by atoms with Crippen molar-refractivity contribution in [2.45, 2.75) is 6.92 Å². The molecule has 1 N–H and O–H groups in total. The molecule has 0 atom stereocenters. The monoisotopic (exact) mass is 356 g/mol. The molecule has 0 saturated carbocycles. The summed E-state index contributed by atoms with van der Waals surface area (Å²) in [5, 5.41) is 0. The Labute approximate surface area is 150 Å². The van der Waals surface area contributed by atoms with Gasteiger partial charge >= 0.3 is 5.69 Å². The van der Waals surface area contributed by atoms with E-state index in [1.807, 2.05) is 0 Å². The van der Waals surface area contributed by atoms with Crippen LogP contribution in [0.4, 0.5) is 0 Å². The van der Waals surface area contributed by atoms with Crippen LogP contribution in [0.15, 0.2) is 35.1 Å². The quantitative estimate of drug-likeness (QED) is 0.876. The zero-order chi connectivity index (χ0) is 18.7. The third-order valence-electron chi connectivity index (χ3n) is 4.37. The lowest BCUT2D eigenvalue weighted by molar-refractivity contribution is -0.130. The van der Waals surface area contributed by atoms with Crippen molar-refractivity contribution in [1.82, 2.24) is 19.8 Å². The number of rotatable bonds is 3. The van der Waals surface area contributed by atoms with Crippen molar-refractivity contribution in [2.24, 2.45) is 0 Å². The molecule has 0 bridgehead atoms. The molecule has 1 saturated heterocycles. The molecule has 1 aliphatic heterocycles. The summed E-state index contributed by atoms with van der Waals surface area (Å²) in [6.07, 6.45) is 0. The zero-order valence-electron chi connectivity index (χ0n) is 14.7. The second kappa shape index (κ2) is 7.38. The van der Waals surface area contributed by atoms with Crippen LogP contribution in [0, 0.1) is 0 Å². The Hall–Kier alpha value is -3.16. The summed E-state index contributed by atoms with van der Waals surface area (Å²) in [6.45, 7) is 3.35. The molecular weight excluding hydrogens is 336 g/mol. The summed E-state index contributed by atoms with van der Waals surface area (Å²) in [7, 11) is 1.57. The molecule has 136 valence electrons. The van der Waals surface area contributed by atoms with Crippen LogP contribution < -0.4 is 10.4 Å². The molecule has 8 heteroatoms. The topological polar surface area (TPSA) is 95.6 Å². The molecule has 2 amide bonds. The number of methoxy groups -OCH3 is 1. The Balaban J connectivity index is 1.82. The molecule has 0 unspecified atom stereocenters. The zero-order valence-corrected chi connectivity index (χ0v) is 14.7. The Bertz CT molecular complexity index is 868. The van der Waals surface area contributed by atoms with Crippen LogP contribution in [0.5, 0.6) is 5.75 Å². The summed E-state index contributed by atoms with van der Waals surface area (Å²) in [5.41, 5.74) is 0.741. The number of aromatic nitrogens is 2. The predicted molar refractivity (Wildman–Crippen MR) is 95.0 cm³/mol. The van der Waals surface area contributed by atoms with E-state index in [4.69, 9.17) is 4.74 Å². The number of hydrogen-bond acceptors (Lipinski definition) is 5. The molecule has 8 nitrogen and oxygen atoms in total. The van der Waals surface area contributed by atoms with Crippen LogP contribution in [0.2, 0.25) is 0 Å². The van der Waals surface area contributed by atoms with Crippen LogP contribution in [-0.2, 0) is 4.79 Å². The minimum Gasteiger partial charge on any atom is -0.497 e. The summed E-state index contributed by atoms with van der Waals surface area (Å²) >= 11 is 0. The van der Waals surface area contributed by atoms with Crippen LogP contribution in [0.25, 0.3) is 11.3 Å². The normalized spacial score (nSPS) is 14.2. The highest BCUT2D eigenvalue weighted by Crippen LogP contribution is 2.20. The molecule has 2 heterocycles. The van der Waals surface area contributed by atoms with E-state index in [-0.39, 0.29) is 17.5 Å². The fourth-order valence-corrected chi connectivity index (χ4v) is 2.88. The fourth-order valence-electron chi connectivity index (χ4n) is 2.88. The van der Waals surface area contributed by atoms with E-state index in [0.29, 0.717) is 43.2 Å². The Morgan fingerprint density at radius 1 is 1.08 bits per heavy atom. The van der Waals surface area contributed by atoms with Crippen molar-refractivity contribution in [3.8, 4) is 17.0 Å². The maximum absolute atomic E-state index is 12.7. The maximum Gasteiger partial charge on any atom is 0.346 e. The number of H-pyrrole nitrogens is 1. The van der Waals surface area contributed by atoms with Gasteiger partial charge in [-0.25, -0.2) is 4.79 Å². The number of carbonyl (C=O) groups is 2. The highest BCUT2D eigenvalue weighted by molar-refractivity contribution is 5.93. The lowest BCUT2D eigenvalue weighted by Gasteiger charge is -2.34. The van der Waals surface area contributed by atoms with E-state index in [9.17, 15) is 14.4 Å². The van der Waals surface area contributed by atoms with Gasteiger partial charge in [-0.2, -0.15) is 4.98 Å². The number of amides is 2. The first kappa shape index (κ1) is 17.7. The lowest BCUT2D eigenvalue weighted by Crippen LogP contribution is -2.50. The van der Waals surface area contributed by atoms with Gasteiger partial charge in [-0.15, -0.1) is 0 Å². The first-order valence-corrected chi connectivity index (χ1v) is 8.28. The third kappa shape index (κ3) is 3.74. The van der Waals surface area contributed by atoms with Gasteiger partial charge in [0.15, 0.2) is 0 Å². The van der Waals surface area contributed by atoms with Gasteiger partial charge in [-0.3, -0.25) is 9.59 Å². The molecule has 1 aromatic carbocycles. The number of ether oxygens (including phenoxy) is 1. The van der Waals surface area contributed by atoms with Gasteiger partial charge in [0.05, 0.1) is 12.8 Å². The van der Waals surface area contributed by atoms with Crippen LogP contribution >= 0.6 is 0 Å². The Morgan fingerprint density at radius 2 is 1.69 bits per heavy atom. The van der Waals surface area contributed by atoms with Crippen molar-refractivity contribution in [3.63, 3.8) is 0 Å². The van der Waals surface area contributed by atoms with Gasteiger partial charge in [-0.1, -0.05) is 0 Å². The molecule has 26 heavy (non-hydrogen) atoms. The predicted octanol–water partition coefficient (Wildman–Crippen LogP) is 0.750. The first-order chi connectivity index (χ1) is 12.5. The standard InChI is InChI=1S/C18H20N4O4/c1-12(23)21-7-9-22(10-8-21)17(24)16-11-15(19-18(25)20-16)13-3-5-14(26-2)6-4-13/h3-6,11H,7-10H2,1-2H3,(H,19,20,25). The smallest absolute Gasteiger partial charge is 0.346 e.